The molecule has 0 amide bonds. The fourth-order valence-electron chi connectivity index (χ4n) is 2.00. The molecule has 0 fully saturated rings. The highest BCUT2D eigenvalue weighted by Crippen LogP contribution is 2.19. The van der Waals surface area contributed by atoms with Crippen LogP contribution in [0, 0.1) is 0 Å². The molecule has 0 spiro atoms. The zero-order valence-corrected chi connectivity index (χ0v) is 12.8. The first-order valence-electron chi connectivity index (χ1n) is 6.44. The van der Waals surface area contributed by atoms with Crippen LogP contribution in [0.25, 0.3) is 0 Å². The van der Waals surface area contributed by atoms with Crippen molar-refractivity contribution in [1.29, 1.82) is 0 Å². The Morgan fingerprint density at radius 3 is 2.68 bits per heavy atom. The van der Waals surface area contributed by atoms with Crippen LogP contribution in [0.1, 0.15) is 29.8 Å². The summed E-state index contributed by atoms with van der Waals surface area (Å²) in [6, 6.07) is 6.57. The number of nitrogens with one attached hydrogen (secondary N) is 1. The molecule has 2 aromatic rings. The van der Waals surface area contributed by atoms with E-state index in [-0.39, 0.29) is 6.04 Å². The van der Waals surface area contributed by atoms with E-state index in [0.717, 1.165) is 23.0 Å². The van der Waals surface area contributed by atoms with Crippen LogP contribution >= 0.6 is 15.9 Å². The lowest BCUT2D eigenvalue weighted by molar-refractivity contribution is 0.582. The summed E-state index contributed by atoms with van der Waals surface area (Å²) in [5.41, 5.74) is 3.53. The average molecular weight is 320 g/mol. The molecule has 2 heterocycles. The molecule has 0 saturated heterocycles. The highest BCUT2D eigenvalue weighted by molar-refractivity contribution is 9.10. The third-order valence-electron chi connectivity index (χ3n) is 3.18. The molecular weight excluding hydrogens is 302 g/mol. The summed E-state index contributed by atoms with van der Waals surface area (Å²) in [5, 5.41) is 3.32. The smallest absolute Gasteiger partial charge is 0.0422 e. The predicted molar refractivity (Wildman–Crippen MR) is 81.1 cm³/mol. The van der Waals surface area contributed by atoms with E-state index in [1.165, 1.54) is 11.1 Å². The van der Waals surface area contributed by atoms with E-state index >= 15 is 0 Å². The van der Waals surface area contributed by atoms with Crippen molar-refractivity contribution in [2.45, 2.75) is 25.8 Å². The van der Waals surface area contributed by atoms with Gasteiger partial charge >= 0.3 is 0 Å². The fourth-order valence-corrected chi connectivity index (χ4v) is 2.38. The van der Waals surface area contributed by atoms with Crippen molar-refractivity contribution in [3.8, 4) is 0 Å². The minimum absolute atomic E-state index is 0.227. The molecule has 0 aliphatic heterocycles. The molecule has 0 aromatic carbocycles. The van der Waals surface area contributed by atoms with Crippen molar-refractivity contribution in [2.75, 3.05) is 7.05 Å². The number of rotatable bonds is 5. The largest absolute Gasteiger partial charge is 0.313 e. The topological polar surface area (TPSA) is 37.8 Å². The zero-order chi connectivity index (χ0) is 13.7. The molecule has 2 rings (SSSR count). The molecule has 100 valence electrons. The zero-order valence-electron chi connectivity index (χ0n) is 11.2. The summed E-state index contributed by atoms with van der Waals surface area (Å²) in [6.45, 7) is 2.14. The molecule has 0 radical (unpaired) electrons. The second kappa shape index (κ2) is 6.78. The molecule has 1 atom stereocenters. The van der Waals surface area contributed by atoms with Gasteiger partial charge in [0.25, 0.3) is 0 Å². The van der Waals surface area contributed by atoms with Gasteiger partial charge in [-0.2, -0.15) is 0 Å². The summed E-state index contributed by atoms with van der Waals surface area (Å²) >= 11 is 3.46. The summed E-state index contributed by atoms with van der Waals surface area (Å²) in [6.07, 6.45) is 7.54. The van der Waals surface area contributed by atoms with Crippen molar-refractivity contribution in [3.63, 3.8) is 0 Å². The van der Waals surface area contributed by atoms with Gasteiger partial charge < -0.3 is 5.32 Å². The number of halogens is 1. The lowest BCUT2D eigenvalue weighted by atomic mass is 10.0. The number of hydrogen-bond donors (Lipinski definition) is 1. The molecule has 1 unspecified atom stereocenters. The van der Waals surface area contributed by atoms with E-state index in [1.807, 2.05) is 19.4 Å². The van der Waals surface area contributed by atoms with Gasteiger partial charge in [-0.15, -0.1) is 0 Å². The van der Waals surface area contributed by atoms with Crippen LogP contribution in [0.4, 0.5) is 0 Å². The first-order valence-corrected chi connectivity index (χ1v) is 7.23. The molecular formula is C15H18BrN3. The fraction of sp³-hybridized carbons (Fsp3) is 0.333. The quantitative estimate of drug-likeness (QED) is 0.918. The lowest BCUT2D eigenvalue weighted by Gasteiger charge is -2.16. The van der Waals surface area contributed by atoms with Crippen molar-refractivity contribution < 1.29 is 0 Å². The number of aromatic nitrogens is 2. The summed E-state index contributed by atoms with van der Waals surface area (Å²) < 4.78 is 1.000. The monoisotopic (exact) mass is 319 g/mol. The van der Waals surface area contributed by atoms with E-state index < -0.39 is 0 Å². The maximum atomic E-state index is 4.51. The van der Waals surface area contributed by atoms with E-state index in [1.54, 1.807) is 6.20 Å². The second-order valence-electron chi connectivity index (χ2n) is 4.49. The molecule has 0 aliphatic carbocycles. The number of aryl methyl sites for hydroxylation is 1. The van der Waals surface area contributed by atoms with Gasteiger partial charge in [0.1, 0.15) is 0 Å². The molecule has 2 aromatic heterocycles. The van der Waals surface area contributed by atoms with Gasteiger partial charge in [-0.3, -0.25) is 9.97 Å². The molecule has 3 nitrogen and oxygen atoms in total. The van der Waals surface area contributed by atoms with Crippen molar-refractivity contribution in [1.82, 2.24) is 15.3 Å². The Hall–Kier alpha value is -1.26. The minimum atomic E-state index is 0.227. The maximum Gasteiger partial charge on any atom is 0.0422 e. The average Bonchev–Trinajstić information content (AvgIpc) is 2.45. The maximum absolute atomic E-state index is 4.51. The van der Waals surface area contributed by atoms with Crippen molar-refractivity contribution in [2.24, 2.45) is 0 Å². The number of hydrogen-bond acceptors (Lipinski definition) is 3. The van der Waals surface area contributed by atoms with Crippen molar-refractivity contribution in [3.05, 3.63) is 58.1 Å². The van der Waals surface area contributed by atoms with Gasteiger partial charge in [0, 0.05) is 41.2 Å². The highest BCUT2D eigenvalue weighted by Gasteiger charge is 2.11. The Kier molecular flexibility index (Phi) is 5.05. The van der Waals surface area contributed by atoms with Gasteiger partial charge in [-0.1, -0.05) is 13.0 Å². The molecule has 19 heavy (non-hydrogen) atoms. The molecule has 0 saturated carbocycles. The highest BCUT2D eigenvalue weighted by atomic mass is 79.9. The van der Waals surface area contributed by atoms with Gasteiger partial charge in [-0.25, -0.2) is 0 Å². The van der Waals surface area contributed by atoms with E-state index in [2.05, 4.69) is 56.3 Å². The first kappa shape index (κ1) is 14.2. The van der Waals surface area contributed by atoms with Crippen LogP contribution in [0.3, 0.4) is 0 Å². The van der Waals surface area contributed by atoms with Crippen LogP contribution in [0.2, 0.25) is 0 Å². The Balaban J connectivity index is 2.14. The summed E-state index contributed by atoms with van der Waals surface area (Å²) in [4.78, 5) is 8.73. The summed E-state index contributed by atoms with van der Waals surface area (Å²) in [5.74, 6) is 0. The minimum Gasteiger partial charge on any atom is -0.313 e. The third kappa shape index (κ3) is 3.85. The van der Waals surface area contributed by atoms with Crippen LogP contribution in [0.5, 0.6) is 0 Å². The van der Waals surface area contributed by atoms with Gasteiger partial charge in [-0.05, 0) is 52.7 Å². The Morgan fingerprint density at radius 1 is 1.26 bits per heavy atom. The molecule has 4 heteroatoms. The van der Waals surface area contributed by atoms with Gasteiger partial charge in [0.15, 0.2) is 0 Å². The van der Waals surface area contributed by atoms with Crippen molar-refractivity contribution >= 4 is 15.9 Å². The van der Waals surface area contributed by atoms with Gasteiger partial charge in [0.2, 0.25) is 0 Å². The van der Waals surface area contributed by atoms with E-state index in [9.17, 15) is 0 Å². The Morgan fingerprint density at radius 2 is 2.11 bits per heavy atom. The Labute approximate surface area is 122 Å². The number of pyridine rings is 2. The standard InChI is InChI=1S/C15H18BrN3/c1-3-11-4-5-14(19-8-11)7-15(17-2)12-6-13(16)10-18-9-12/h4-6,8-10,15,17H,3,7H2,1-2H3. The van der Waals surface area contributed by atoms with Gasteiger partial charge in [0.05, 0.1) is 0 Å². The second-order valence-corrected chi connectivity index (χ2v) is 5.41. The predicted octanol–water partition coefficient (Wildman–Crippen LogP) is 3.30. The van der Waals surface area contributed by atoms with Crippen LogP contribution in [0.15, 0.2) is 41.3 Å². The Bertz CT molecular complexity index is 525. The number of likely N-dealkylation sites (N-methyl/N-ethyl adjacent to an activating group) is 1. The van der Waals surface area contributed by atoms with E-state index in [0.29, 0.717) is 0 Å². The van der Waals surface area contributed by atoms with E-state index in [4.69, 9.17) is 0 Å². The van der Waals surface area contributed by atoms with Crippen LogP contribution in [-0.4, -0.2) is 17.0 Å². The lowest BCUT2D eigenvalue weighted by Crippen LogP contribution is -2.19. The normalized spacial score (nSPS) is 12.4. The summed E-state index contributed by atoms with van der Waals surface area (Å²) in [7, 11) is 1.96. The van der Waals surface area contributed by atoms with Crippen LogP contribution in [-0.2, 0) is 12.8 Å². The third-order valence-corrected chi connectivity index (χ3v) is 3.62. The SMILES string of the molecule is CCc1ccc(CC(NC)c2cncc(Br)c2)nc1. The van der Waals surface area contributed by atoms with Crippen LogP contribution < -0.4 is 5.32 Å². The first-order chi connectivity index (χ1) is 9.22. The number of nitrogens with zero attached hydrogens (tertiary/aromatic N) is 2. The molecule has 0 bridgehead atoms. The molecule has 1 N–H and O–H groups in total. The molecule has 0 aliphatic rings.